The fraction of sp³-hybridized carbons (Fsp3) is 0.462. The van der Waals surface area contributed by atoms with Gasteiger partial charge in [0.1, 0.15) is 0 Å². The minimum absolute atomic E-state index is 0.0541. The highest BCUT2D eigenvalue weighted by Crippen LogP contribution is 2.19. The lowest BCUT2D eigenvalue weighted by molar-refractivity contribution is -0.895. The van der Waals surface area contributed by atoms with Crippen LogP contribution in [0.3, 0.4) is 0 Å². The number of hydrogen-bond donors (Lipinski definition) is 2. The van der Waals surface area contributed by atoms with Gasteiger partial charge in [-0.1, -0.05) is 11.6 Å². The van der Waals surface area contributed by atoms with Gasteiger partial charge in [-0.15, -0.1) is 0 Å². The average molecular weight is 335 g/mol. The number of benzene rings is 1. The number of hydrogen-bond acceptors (Lipinski definition) is 4. The first kappa shape index (κ1) is 17.9. The first-order valence-electron chi connectivity index (χ1n) is 6.66. The second kappa shape index (κ2) is 7.74. The Morgan fingerprint density at radius 2 is 1.95 bits per heavy atom. The molecule has 0 fully saturated rings. The standard InChI is InChI=1S/C13H19ClN2O4S/c1-3-16(4-2)8-7-15-21(19,20)10-5-6-12(14)11(9-10)13(17)18/h5-6,9,15H,3-4,7-8H2,1-2H3,(H,17,18). The summed E-state index contributed by atoms with van der Waals surface area (Å²) in [6.45, 7) is 6.81. The van der Waals surface area contributed by atoms with E-state index in [0.717, 1.165) is 19.2 Å². The average Bonchev–Trinajstić information content (AvgIpc) is 2.43. The van der Waals surface area contributed by atoms with Gasteiger partial charge >= 0.3 is 0 Å². The lowest BCUT2D eigenvalue weighted by atomic mass is 10.2. The molecule has 0 bridgehead atoms. The lowest BCUT2D eigenvalue weighted by Crippen LogP contribution is -3.12. The minimum Gasteiger partial charge on any atom is -0.545 e. The molecule has 0 atom stereocenters. The van der Waals surface area contributed by atoms with Crippen LogP contribution in [0.4, 0.5) is 0 Å². The number of carbonyl (C=O) groups is 1. The van der Waals surface area contributed by atoms with Crippen molar-refractivity contribution >= 4 is 27.6 Å². The van der Waals surface area contributed by atoms with Gasteiger partial charge < -0.3 is 14.8 Å². The SMILES string of the molecule is CC[NH+](CC)CCNS(=O)(=O)c1ccc(Cl)c(C(=O)[O-])c1. The Morgan fingerprint density at radius 1 is 1.33 bits per heavy atom. The molecule has 6 nitrogen and oxygen atoms in total. The molecule has 1 aromatic rings. The van der Waals surface area contributed by atoms with Crippen molar-refractivity contribution in [1.29, 1.82) is 0 Å². The van der Waals surface area contributed by atoms with Crippen LogP contribution in [0, 0.1) is 0 Å². The number of likely N-dealkylation sites (N-methyl/N-ethyl adjacent to an activating group) is 1. The molecule has 0 unspecified atom stereocenters. The van der Waals surface area contributed by atoms with Crippen LogP contribution in [0.1, 0.15) is 24.2 Å². The molecule has 0 saturated carbocycles. The fourth-order valence-electron chi connectivity index (χ4n) is 1.88. The molecule has 0 spiro atoms. The summed E-state index contributed by atoms with van der Waals surface area (Å²) in [5, 5.41) is 10.8. The summed E-state index contributed by atoms with van der Waals surface area (Å²) in [5.41, 5.74) is -0.339. The molecule has 21 heavy (non-hydrogen) atoms. The maximum atomic E-state index is 12.1. The molecule has 1 aromatic carbocycles. The summed E-state index contributed by atoms with van der Waals surface area (Å²) >= 11 is 5.69. The second-order valence-electron chi connectivity index (χ2n) is 4.53. The highest BCUT2D eigenvalue weighted by molar-refractivity contribution is 7.89. The zero-order valence-corrected chi connectivity index (χ0v) is 13.6. The van der Waals surface area contributed by atoms with Crippen molar-refractivity contribution in [2.45, 2.75) is 18.7 Å². The fourth-order valence-corrected chi connectivity index (χ4v) is 3.13. The summed E-state index contributed by atoms with van der Waals surface area (Å²) in [5.74, 6) is -1.51. The van der Waals surface area contributed by atoms with Gasteiger partial charge in [0, 0.05) is 10.6 Å². The normalized spacial score (nSPS) is 11.8. The molecule has 118 valence electrons. The summed E-state index contributed by atoms with van der Waals surface area (Å²) in [4.78, 5) is 12.0. The van der Waals surface area contributed by atoms with E-state index in [1.54, 1.807) is 0 Å². The van der Waals surface area contributed by atoms with Crippen molar-refractivity contribution < 1.29 is 23.2 Å². The molecule has 0 aliphatic heterocycles. The van der Waals surface area contributed by atoms with E-state index < -0.39 is 16.0 Å². The van der Waals surface area contributed by atoms with Gasteiger partial charge in [0.15, 0.2) is 0 Å². The van der Waals surface area contributed by atoms with Crippen LogP contribution in [-0.4, -0.2) is 40.6 Å². The van der Waals surface area contributed by atoms with E-state index in [9.17, 15) is 18.3 Å². The summed E-state index contributed by atoms with van der Waals surface area (Å²) in [6, 6.07) is 3.50. The van der Waals surface area contributed by atoms with Crippen LogP contribution < -0.4 is 14.7 Å². The zero-order chi connectivity index (χ0) is 16.0. The Labute approximate surface area is 129 Å². The lowest BCUT2D eigenvalue weighted by Gasteiger charge is -2.16. The molecule has 0 aliphatic carbocycles. The number of aromatic carboxylic acids is 1. The number of carbonyl (C=O) groups excluding carboxylic acids is 1. The van der Waals surface area contributed by atoms with Crippen molar-refractivity contribution in [1.82, 2.24) is 4.72 Å². The molecule has 2 N–H and O–H groups in total. The third-order valence-electron chi connectivity index (χ3n) is 3.24. The summed E-state index contributed by atoms with van der Waals surface area (Å²) < 4.78 is 26.7. The quantitative estimate of drug-likeness (QED) is 0.632. The molecule has 0 amide bonds. The Hall–Kier alpha value is -1.15. The predicted octanol–water partition coefficient (Wildman–Crippen LogP) is -1.09. The van der Waals surface area contributed by atoms with Crippen LogP contribution >= 0.6 is 11.6 Å². The van der Waals surface area contributed by atoms with Gasteiger partial charge in [-0.25, -0.2) is 13.1 Å². The monoisotopic (exact) mass is 334 g/mol. The molecule has 0 heterocycles. The molecular formula is C13H19ClN2O4S. The number of sulfonamides is 1. The van der Waals surface area contributed by atoms with Crippen molar-refractivity contribution in [2.24, 2.45) is 0 Å². The molecule has 1 rings (SSSR count). The van der Waals surface area contributed by atoms with Gasteiger partial charge in [0.25, 0.3) is 0 Å². The van der Waals surface area contributed by atoms with Crippen molar-refractivity contribution in [2.75, 3.05) is 26.2 Å². The van der Waals surface area contributed by atoms with E-state index in [1.807, 2.05) is 13.8 Å². The van der Waals surface area contributed by atoms with Crippen molar-refractivity contribution in [3.8, 4) is 0 Å². The maximum absolute atomic E-state index is 12.1. The van der Waals surface area contributed by atoms with Crippen LogP contribution in [0.5, 0.6) is 0 Å². The van der Waals surface area contributed by atoms with E-state index >= 15 is 0 Å². The van der Waals surface area contributed by atoms with E-state index in [1.165, 1.54) is 17.0 Å². The molecule has 8 heteroatoms. The van der Waals surface area contributed by atoms with E-state index in [2.05, 4.69) is 4.72 Å². The van der Waals surface area contributed by atoms with Crippen LogP contribution in [0.15, 0.2) is 23.1 Å². The van der Waals surface area contributed by atoms with E-state index in [-0.39, 0.29) is 22.0 Å². The number of carboxylic acids is 1. The van der Waals surface area contributed by atoms with Crippen LogP contribution in [0.2, 0.25) is 5.02 Å². The maximum Gasteiger partial charge on any atom is 0.240 e. The number of quaternary nitrogens is 1. The molecular weight excluding hydrogens is 316 g/mol. The van der Waals surface area contributed by atoms with Crippen LogP contribution in [-0.2, 0) is 10.0 Å². The highest BCUT2D eigenvalue weighted by atomic mass is 35.5. The van der Waals surface area contributed by atoms with Gasteiger partial charge in [-0.2, -0.15) is 0 Å². The topological polar surface area (TPSA) is 90.7 Å². The van der Waals surface area contributed by atoms with Crippen LogP contribution in [0.25, 0.3) is 0 Å². The van der Waals surface area contributed by atoms with E-state index in [4.69, 9.17) is 11.6 Å². The second-order valence-corrected chi connectivity index (χ2v) is 6.71. The molecule has 0 saturated heterocycles. The minimum atomic E-state index is -3.76. The first-order chi connectivity index (χ1) is 9.81. The smallest absolute Gasteiger partial charge is 0.240 e. The molecule has 0 aliphatic rings. The van der Waals surface area contributed by atoms with Gasteiger partial charge in [-0.05, 0) is 32.0 Å². The number of nitrogens with one attached hydrogen (secondary N) is 2. The van der Waals surface area contributed by atoms with Gasteiger partial charge in [-0.3, -0.25) is 0 Å². The largest absolute Gasteiger partial charge is 0.545 e. The third kappa shape index (κ3) is 4.96. The molecule has 0 aromatic heterocycles. The van der Waals surface area contributed by atoms with Crippen molar-refractivity contribution in [3.05, 3.63) is 28.8 Å². The predicted molar refractivity (Wildman–Crippen MR) is 77.9 cm³/mol. The Kier molecular flexibility index (Phi) is 6.60. The van der Waals surface area contributed by atoms with Crippen molar-refractivity contribution in [3.63, 3.8) is 0 Å². The summed E-state index contributed by atoms with van der Waals surface area (Å²) in [6.07, 6.45) is 0. The Bertz CT molecular complexity index is 600. The Balaban J connectivity index is 2.84. The number of halogens is 1. The van der Waals surface area contributed by atoms with Gasteiger partial charge in [0.05, 0.1) is 37.0 Å². The molecule has 0 radical (unpaired) electrons. The Morgan fingerprint density at radius 3 is 2.48 bits per heavy atom. The first-order valence-corrected chi connectivity index (χ1v) is 8.52. The van der Waals surface area contributed by atoms with Gasteiger partial charge in [0.2, 0.25) is 10.0 Å². The highest BCUT2D eigenvalue weighted by Gasteiger charge is 2.16. The number of rotatable bonds is 8. The summed E-state index contributed by atoms with van der Waals surface area (Å²) in [7, 11) is -3.76. The number of carboxylic acid groups (broad SMARTS) is 1. The zero-order valence-electron chi connectivity index (χ0n) is 12.0. The van der Waals surface area contributed by atoms with E-state index in [0.29, 0.717) is 6.54 Å². The third-order valence-corrected chi connectivity index (χ3v) is 5.03.